The molecule has 0 aliphatic rings. The van der Waals surface area contributed by atoms with Crippen LogP contribution in [0.25, 0.3) is 11.3 Å². The number of rotatable bonds is 5. The van der Waals surface area contributed by atoms with E-state index in [2.05, 4.69) is 15.6 Å². The second kappa shape index (κ2) is 8.51. The number of hydrogen-bond donors (Lipinski definition) is 3. The molecule has 0 saturated carbocycles. The fourth-order valence-electron chi connectivity index (χ4n) is 2.72. The maximum absolute atomic E-state index is 12.5. The minimum Gasteiger partial charge on any atom is -0.383 e. The molecule has 1 aromatic carbocycles. The number of nitrogens with two attached hydrogens (primary N) is 1. The first-order valence-corrected chi connectivity index (χ1v) is 9.49. The predicted molar refractivity (Wildman–Crippen MR) is 108 cm³/mol. The van der Waals surface area contributed by atoms with Gasteiger partial charge in [-0.05, 0) is 24.3 Å². The van der Waals surface area contributed by atoms with Gasteiger partial charge in [0, 0.05) is 5.69 Å². The molecule has 3 rings (SSSR count). The Hall–Kier alpha value is -4.09. The first-order chi connectivity index (χ1) is 14.4. The molecule has 2 heterocycles. The number of nitrogen functional groups attached to an aromatic ring is 1. The van der Waals surface area contributed by atoms with Crippen LogP contribution in [-0.2, 0) is 11.8 Å². The number of hydrogen-bond acceptors (Lipinski definition) is 8. The number of carbonyl (C=O) groups is 1. The van der Waals surface area contributed by atoms with Gasteiger partial charge in [0.15, 0.2) is 7.05 Å². The van der Waals surface area contributed by atoms with Crippen molar-refractivity contribution in [3.63, 3.8) is 0 Å². The number of para-hydroxylation sites is 1. The van der Waals surface area contributed by atoms with Crippen LogP contribution >= 0.6 is 11.8 Å². The fraction of sp³-hybridized carbons (Fsp3) is 0.158. The zero-order valence-corrected chi connectivity index (χ0v) is 16.8. The molecule has 30 heavy (non-hydrogen) atoms. The molecular formula is C19H16N7O3S+. The molecule has 11 heteroatoms. The number of amides is 1. The smallest absolute Gasteiger partial charge is 0.383 e. The lowest BCUT2D eigenvalue weighted by Crippen LogP contribution is -2.34. The van der Waals surface area contributed by atoms with Crippen LogP contribution in [0.4, 0.5) is 11.5 Å². The zero-order chi connectivity index (χ0) is 21.8. The molecule has 4 N–H and O–H groups in total. The summed E-state index contributed by atoms with van der Waals surface area (Å²) in [6, 6.07) is 12.8. The van der Waals surface area contributed by atoms with E-state index in [-0.39, 0.29) is 39.1 Å². The summed E-state index contributed by atoms with van der Waals surface area (Å²) in [5.41, 5.74) is 5.55. The first kappa shape index (κ1) is 20.6. The number of aromatic amines is 1. The zero-order valence-electron chi connectivity index (χ0n) is 16.0. The van der Waals surface area contributed by atoms with Crippen LogP contribution in [0.5, 0.6) is 0 Å². The third kappa shape index (κ3) is 3.87. The highest BCUT2D eigenvalue weighted by Gasteiger charge is 2.32. The summed E-state index contributed by atoms with van der Waals surface area (Å²) in [5, 5.41) is 23.9. The van der Waals surface area contributed by atoms with E-state index in [1.54, 1.807) is 31.2 Å². The van der Waals surface area contributed by atoms with E-state index in [9.17, 15) is 20.1 Å². The average Bonchev–Trinajstić information content (AvgIpc) is 3.06. The van der Waals surface area contributed by atoms with Gasteiger partial charge < -0.3 is 11.1 Å². The van der Waals surface area contributed by atoms with Gasteiger partial charge in [-0.25, -0.2) is 9.78 Å². The number of anilines is 2. The summed E-state index contributed by atoms with van der Waals surface area (Å²) in [6.07, 6.45) is 0. The lowest BCUT2D eigenvalue weighted by atomic mass is 10.0. The standard InChI is InChI=1S/C19H15N7O3S/c1-10(17(27)23-11-6-4-3-5-7-11)30-18-13(9-21)14(12(8-20)16(22)24-18)15-19(28)29-25-26(15)2/h3-7,10H,1-2H3,(H3-,22,23,24,25,27,28)/p+1. The molecule has 0 fully saturated rings. The summed E-state index contributed by atoms with van der Waals surface area (Å²) in [6.45, 7) is 1.64. The van der Waals surface area contributed by atoms with Gasteiger partial charge in [-0.15, -0.1) is 0 Å². The van der Waals surface area contributed by atoms with Crippen LogP contribution < -0.4 is 21.4 Å². The van der Waals surface area contributed by atoms with Gasteiger partial charge >= 0.3 is 11.3 Å². The molecule has 3 aromatic rings. The second-order valence-electron chi connectivity index (χ2n) is 6.15. The molecule has 0 saturated heterocycles. The summed E-state index contributed by atoms with van der Waals surface area (Å²) in [7, 11) is 1.49. The van der Waals surface area contributed by atoms with E-state index in [1.165, 1.54) is 11.7 Å². The molecule has 1 amide bonds. The third-order valence-corrected chi connectivity index (χ3v) is 5.24. The van der Waals surface area contributed by atoms with Crippen molar-refractivity contribution < 1.29 is 14.0 Å². The fourth-order valence-corrected chi connectivity index (χ4v) is 3.63. The van der Waals surface area contributed by atoms with E-state index in [1.807, 2.05) is 18.2 Å². The van der Waals surface area contributed by atoms with Gasteiger partial charge in [-0.3, -0.25) is 9.32 Å². The molecule has 10 nitrogen and oxygen atoms in total. The van der Waals surface area contributed by atoms with Crippen LogP contribution in [0.15, 0.2) is 44.7 Å². The van der Waals surface area contributed by atoms with E-state index in [0.29, 0.717) is 5.69 Å². The number of aryl methyl sites for hydroxylation is 1. The number of nitrogens with one attached hydrogen (secondary N) is 2. The van der Waals surface area contributed by atoms with Crippen molar-refractivity contribution in [2.45, 2.75) is 17.2 Å². The van der Waals surface area contributed by atoms with Crippen LogP contribution in [0, 0.1) is 22.7 Å². The maximum Gasteiger partial charge on any atom is 0.435 e. The minimum absolute atomic E-state index is 0.00293. The summed E-state index contributed by atoms with van der Waals surface area (Å²) in [5.74, 6) is -0.474. The second-order valence-corrected chi connectivity index (χ2v) is 7.48. The number of aromatic nitrogens is 3. The number of carbonyl (C=O) groups excluding carboxylic acids is 1. The van der Waals surface area contributed by atoms with Gasteiger partial charge in [0.05, 0.1) is 10.8 Å². The number of benzene rings is 1. The van der Waals surface area contributed by atoms with Gasteiger partial charge in [-0.1, -0.05) is 34.6 Å². The molecule has 1 unspecified atom stereocenters. The summed E-state index contributed by atoms with van der Waals surface area (Å²) < 4.78 is 5.98. The molecule has 0 aliphatic heterocycles. The van der Waals surface area contributed by atoms with Crippen molar-refractivity contribution in [3.8, 4) is 23.4 Å². The van der Waals surface area contributed by atoms with E-state index < -0.39 is 10.9 Å². The number of pyridine rings is 1. The van der Waals surface area contributed by atoms with Crippen LogP contribution in [0.1, 0.15) is 18.1 Å². The molecule has 0 spiro atoms. The summed E-state index contributed by atoms with van der Waals surface area (Å²) >= 11 is 0.991. The Labute approximate surface area is 174 Å². The Morgan fingerprint density at radius 3 is 2.53 bits per heavy atom. The molecule has 1 atom stereocenters. The maximum atomic E-state index is 12.5. The Morgan fingerprint density at radius 2 is 1.97 bits per heavy atom. The van der Waals surface area contributed by atoms with Crippen molar-refractivity contribution in [1.29, 1.82) is 10.5 Å². The van der Waals surface area contributed by atoms with E-state index >= 15 is 0 Å². The normalized spacial score (nSPS) is 11.3. The highest BCUT2D eigenvalue weighted by atomic mass is 32.2. The number of thioether (sulfide) groups is 1. The lowest BCUT2D eigenvalue weighted by Gasteiger charge is -2.14. The third-order valence-electron chi connectivity index (χ3n) is 4.16. The topological polar surface area (TPSA) is 165 Å². The molecular weight excluding hydrogens is 406 g/mol. The highest BCUT2D eigenvalue weighted by Crippen LogP contribution is 2.35. The van der Waals surface area contributed by atoms with Gasteiger partial charge in [0.1, 0.15) is 34.1 Å². The number of H-pyrrole nitrogens is 1. The Balaban J connectivity index is 2.04. The van der Waals surface area contributed by atoms with Gasteiger partial charge in [0.2, 0.25) is 5.91 Å². The quantitative estimate of drug-likeness (QED) is 0.409. The number of nitriles is 2. The predicted octanol–water partition coefficient (Wildman–Crippen LogP) is 1.30. The molecule has 150 valence electrons. The SMILES string of the molecule is CC(Sc1nc(N)c(C#N)c(-c2c(=O)o[nH][n+]2C)c1C#N)C(=O)Nc1ccccc1. The Bertz CT molecular complexity index is 1250. The molecule has 0 bridgehead atoms. The Kier molecular flexibility index (Phi) is 5.85. The van der Waals surface area contributed by atoms with Crippen molar-refractivity contribution in [3.05, 3.63) is 51.9 Å². The van der Waals surface area contributed by atoms with E-state index in [4.69, 9.17) is 10.3 Å². The van der Waals surface area contributed by atoms with Crippen LogP contribution in [0.2, 0.25) is 0 Å². The molecule has 2 aromatic heterocycles. The molecule has 0 radical (unpaired) electrons. The number of nitrogens with zero attached hydrogens (tertiary/aromatic N) is 4. The minimum atomic E-state index is -0.776. The monoisotopic (exact) mass is 422 g/mol. The van der Waals surface area contributed by atoms with Crippen molar-refractivity contribution >= 4 is 29.2 Å². The highest BCUT2D eigenvalue weighted by molar-refractivity contribution is 8.00. The van der Waals surface area contributed by atoms with Crippen molar-refractivity contribution in [2.24, 2.45) is 7.05 Å². The van der Waals surface area contributed by atoms with Crippen LogP contribution in [0.3, 0.4) is 0 Å². The first-order valence-electron chi connectivity index (χ1n) is 8.61. The average molecular weight is 422 g/mol. The van der Waals surface area contributed by atoms with Crippen molar-refractivity contribution in [2.75, 3.05) is 11.1 Å². The van der Waals surface area contributed by atoms with Crippen LogP contribution in [-0.4, -0.2) is 21.4 Å². The largest absolute Gasteiger partial charge is 0.435 e. The van der Waals surface area contributed by atoms with Crippen molar-refractivity contribution in [1.82, 2.24) is 10.3 Å². The lowest BCUT2D eigenvalue weighted by molar-refractivity contribution is -0.730. The summed E-state index contributed by atoms with van der Waals surface area (Å²) in [4.78, 5) is 28.8. The Morgan fingerprint density at radius 1 is 1.30 bits per heavy atom. The van der Waals surface area contributed by atoms with E-state index in [0.717, 1.165) is 11.8 Å². The molecule has 0 aliphatic carbocycles. The van der Waals surface area contributed by atoms with Gasteiger partial charge in [-0.2, -0.15) is 10.5 Å². The van der Waals surface area contributed by atoms with Gasteiger partial charge in [0.25, 0.3) is 0 Å².